The van der Waals surface area contributed by atoms with E-state index in [-0.39, 0.29) is 11.9 Å². The number of aryl methyl sites for hydroxylation is 1. The first-order chi connectivity index (χ1) is 14.6. The highest BCUT2D eigenvalue weighted by Gasteiger charge is 2.44. The monoisotopic (exact) mass is 426 g/mol. The van der Waals surface area contributed by atoms with Crippen molar-refractivity contribution in [3.63, 3.8) is 0 Å². The number of likely N-dealkylation sites (tertiary alicyclic amines) is 1. The van der Waals surface area contributed by atoms with Gasteiger partial charge in [-0.05, 0) is 19.4 Å². The number of hydrogen-bond acceptors (Lipinski definition) is 6. The molecule has 5 heterocycles. The quantitative estimate of drug-likeness (QED) is 0.609. The van der Waals surface area contributed by atoms with Gasteiger partial charge in [0, 0.05) is 44.5 Å². The van der Waals surface area contributed by atoms with Crippen LogP contribution in [-0.2, 0) is 11.3 Å². The summed E-state index contributed by atoms with van der Waals surface area (Å²) in [7, 11) is 0. The molecular weight excluding hydrogens is 404 g/mol. The Kier molecular flexibility index (Phi) is 4.62. The summed E-state index contributed by atoms with van der Waals surface area (Å²) in [6.45, 7) is 8.76. The number of aromatic amines is 1. The predicted molar refractivity (Wildman–Crippen MR) is 116 cm³/mol. The van der Waals surface area contributed by atoms with Gasteiger partial charge in [0.25, 0.3) is 0 Å². The zero-order chi connectivity index (χ0) is 20.8. The lowest BCUT2D eigenvalue weighted by Crippen LogP contribution is -2.65. The molecule has 2 aliphatic heterocycles. The van der Waals surface area contributed by atoms with Gasteiger partial charge in [-0.3, -0.25) is 9.48 Å². The number of amides is 1. The van der Waals surface area contributed by atoms with Crippen LogP contribution in [0.1, 0.15) is 13.3 Å². The van der Waals surface area contributed by atoms with Gasteiger partial charge < -0.3 is 20.1 Å². The van der Waals surface area contributed by atoms with Crippen molar-refractivity contribution in [1.29, 1.82) is 0 Å². The third-order valence-electron chi connectivity index (χ3n) is 5.99. The van der Waals surface area contributed by atoms with E-state index < -0.39 is 0 Å². The second kappa shape index (κ2) is 7.32. The van der Waals surface area contributed by atoms with Gasteiger partial charge in [0.15, 0.2) is 0 Å². The summed E-state index contributed by atoms with van der Waals surface area (Å²) in [6.07, 6.45) is 7.76. The van der Waals surface area contributed by atoms with Crippen LogP contribution in [-0.4, -0.2) is 61.2 Å². The Labute approximate surface area is 178 Å². The molecule has 5 rings (SSSR count). The van der Waals surface area contributed by atoms with Crippen LogP contribution in [0, 0.1) is 5.92 Å². The maximum absolute atomic E-state index is 12.1. The van der Waals surface area contributed by atoms with Crippen LogP contribution in [0.3, 0.4) is 0 Å². The maximum Gasteiger partial charge on any atom is 0.246 e. The molecule has 0 saturated carbocycles. The number of aromatic nitrogens is 5. The van der Waals surface area contributed by atoms with Crippen molar-refractivity contribution in [3.05, 3.63) is 36.3 Å². The number of H-pyrrole nitrogens is 1. The second-order valence-electron chi connectivity index (χ2n) is 7.70. The summed E-state index contributed by atoms with van der Waals surface area (Å²) in [5, 5.41) is 8.91. The molecule has 9 nitrogen and oxygen atoms in total. The highest BCUT2D eigenvalue weighted by Crippen LogP contribution is 2.41. The van der Waals surface area contributed by atoms with Gasteiger partial charge in [0.2, 0.25) is 11.9 Å². The molecule has 0 radical (unpaired) electrons. The minimum absolute atomic E-state index is 0.0249. The number of piperidine rings is 1. The number of carbonyl (C=O) groups excluding carboxylic acids is 1. The third kappa shape index (κ3) is 3.09. The molecule has 2 atom stereocenters. The molecule has 3 aromatic rings. The Morgan fingerprint density at radius 3 is 3.07 bits per heavy atom. The molecular formula is C20H23ClN8O. The molecule has 2 fully saturated rings. The summed E-state index contributed by atoms with van der Waals surface area (Å²) in [5.41, 5.74) is 1.50. The Morgan fingerprint density at radius 2 is 2.30 bits per heavy atom. The first-order valence-corrected chi connectivity index (χ1v) is 10.5. The van der Waals surface area contributed by atoms with E-state index in [2.05, 4.69) is 31.9 Å². The molecule has 2 saturated heterocycles. The van der Waals surface area contributed by atoms with Crippen LogP contribution in [0.15, 0.2) is 31.2 Å². The average Bonchev–Trinajstić information content (AvgIpc) is 3.34. The summed E-state index contributed by atoms with van der Waals surface area (Å²) in [5.74, 6) is 1.78. The van der Waals surface area contributed by atoms with Gasteiger partial charge in [0.1, 0.15) is 11.5 Å². The molecule has 10 heteroatoms. The van der Waals surface area contributed by atoms with Crippen molar-refractivity contribution in [3.8, 4) is 0 Å². The SMILES string of the molecule is C=CC(=O)N1CCC2CN(c3nc(Nc4cnn(CC)c4)nc4[nH]cc(Cl)c34)C2C1. The Morgan fingerprint density at radius 1 is 1.43 bits per heavy atom. The van der Waals surface area contributed by atoms with Crippen LogP contribution >= 0.6 is 11.6 Å². The summed E-state index contributed by atoms with van der Waals surface area (Å²) < 4.78 is 1.83. The zero-order valence-corrected chi connectivity index (χ0v) is 17.4. The maximum atomic E-state index is 12.1. The van der Waals surface area contributed by atoms with Crippen LogP contribution in [0.5, 0.6) is 0 Å². The fraction of sp³-hybridized carbons (Fsp3) is 0.400. The van der Waals surface area contributed by atoms with Gasteiger partial charge in [0.05, 0.1) is 28.3 Å². The summed E-state index contributed by atoms with van der Waals surface area (Å²) >= 11 is 6.46. The summed E-state index contributed by atoms with van der Waals surface area (Å²) in [6, 6.07) is 0.211. The minimum atomic E-state index is -0.0249. The number of fused-ring (bicyclic) bond motifs is 2. The molecule has 1 amide bonds. The highest BCUT2D eigenvalue weighted by atomic mass is 35.5. The number of carbonyl (C=O) groups is 1. The van der Waals surface area contributed by atoms with E-state index in [1.807, 2.05) is 22.7 Å². The van der Waals surface area contributed by atoms with Gasteiger partial charge >= 0.3 is 0 Å². The van der Waals surface area contributed by atoms with E-state index in [1.165, 1.54) is 6.08 Å². The molecule has 0 spiro atoms. The Bertz CT molecular complexity index is 1120. The number of nitrogens with zero attached hydrogens (tertiary/aromatic N) is 6. The minimum Gasteiger partial charge on any atom is -0.350 e. The van der Waals surface area contributed by atoms with Crippen LogP contribution in [0.25, 0.3) is 11.0 Å². The largest absolute Gasteiger partial charge is 0.350 e. The highest BCUT2D eigenvalue weighted by molar-refractivity contribution is 6.36. The van der Waals surface area contributed by atoms with E-state index in [0.29, 0.717) is 29.1 Å². The Balaban J connectivity index is 1.48. The summed E-state index contributed by atoms with van der Waals surface area (Å²) in [4.78, 5) is 28.7. The molecule has 0 aromatic carbocycles. The smallest absolute Gasteiger partial charge is 0.246 e. The van der Waals surface area contributed by atoms with Crippen LogP contribution in [0.2, 0.25) is 5.02 Å². The number of rotatable bonds is 5. The van der Waals surface area contributed by atoms with Gasteiger partial charge in [-0.1, -0.05) is 18.2 Å². The van der Waals surface area contributed by atoms with Crippen molar-refractivity contribution in [1.82, 2.24) is 29.6 Å². The molecule has 3 aromatic heterocycles. The van der Waals surface area contributed by atoms with Gasteiger partial charge in [-0.25, -0.2) is 0 Å². The number of anilines is 3. The lowest BCUT2D eigenvalue weighted by Gasteiger charge is -2.54. The fourth-order valence-corrected chi connectivity index (χ4v) is 4.57. The third-order valence-corrected chi connectivity index (χ3v) is 6.29. The molecule has 156 valence electrons. The lowest BCUT2D eigenvalue weighted by atomic mass is 9.82. The van der Waals surface area contributed by atoms with Crippen molar-refractivity contribution in [2.24, 2.45) is 5.92 Å². The fourth-order valence-electron chi connectivity index (χ4n) is 4.34. The zero-order valence-electron chi connectivity index (χ0n) is 16.7. The van der Waals surface area contributed by atoms with Crippen molar-refractivity contribution in [2.45, 2.75) is 25.9 Å². The Hall–Kier alpha value is -3.07. The van der Waals surface area contributed by atoms with Crippen molar-refractivity contribution >= 4 is 46.0 Å². The predicted octanol–water partition coefficient (Wildman–Crippen LogP) is 2.79. The van der Waals surface area contributed by atoms with Gasteiger partial charge in [-0.2, -0.15) is 15.1 Å². The topological polar surface area (TPSA) is 95.0 Å². The standard InChI is InChI=1S/C20H23ClN8O/c1-3-16(30)27-6-5-12-9-29(15(12)11-27)19-17-14(21)8-22-18(17)25-20(26-19)24-13-7-23-28(4-2)10-13/h3,7-8,10,12,15H,1,4-6,9,11H2,2H3,(H2,22,24,25,26). The second-order valence-corrected chi connectivity index (χ2v) is 8.10. The van der Waals surface area contributed by atoms with E-state index in [9.17, 15) is 4.79 Å². The van der Waals surface area contributed by atoms with E-state index in [0.717, 1.165) is 42.9 Å². The molecule has 0 bridgehead atoms. The van der Waals surface area contributed by atoms with E-state index >= 15 is 0 Å². The molecule has 2 unspecified atom stereocenters. The normalized spacial score (nSPS) is 20.7. The molecule has 30 heavy (non-hydrogen) atoms. The first-order valence-electron chi connectivity index (χ1n) is 10.1. The average molecular weight is 427 g/mol. The first kappa shape index (κ1) is 18.9. The van der Waals surface area contributed by atoms with Crippen molar-refractivity contribution in [2.75, 3.05) is 29.9 Å². The number of halogens is 1. The molecule has 2 N–H and O–H groups in total. The van der Waals surface area contributed by atoms with Crippen LogP contribution < -0.4 is 10.2 Å². The van der Waals surface area contributed by atoms with E-state index in [1.54, 1.807) is 12.4 Å². The molecule has 2 aliphatic rings. The number of hydrogen-bond donors (Lipinski definition) is 2. The molecule has 0 aliphatic carbocycles. The van der Waals surface area contributed by atoms with E-state index in [4.69, 9.17) is 16.6 Å². The lowest BCUT2D eigenvalue weighted by molar-refractivity contribution is -0.128. The van der Waals surface area contributed by atoms with Crippen LogP contribution in [0.4, 0.5) is 17.5 Å². The van der Waals surface area contributed by atoms with Gasteiger partial charge in [-0.15, -0.1) is 0 Å². The number of nitrogens with one attached hydrogen (secondary N) is 2. The van der Waals surface area contributed by atoms with Crippen molar-refractivity contribution < 1.29 is 4.79 Å².